The maximum absolute atomic E-state index is 12.5. The Bertz CT molecular complexity index is 382. The van der Waals surface area contributed by atoms with Crippen LogP contribution in [-0.2, 0) is 10.0 Å². The Kier molecular flexibility index (Phi) is 3.65. The van der Waals surface area contributed by atoms with Crippen LogP contribution in [0.4, 0.5) is 0 Å². The minimum absolute atomic E-state index is 0.323. The fourth-order valence-electron chi connectivity index (χ4n) is 2.87. The summed E-state index contributed by atoms with van der Waals surface area (Å²) in [6.07, 6.45) is 6.79. The van der Waals surface area contributed by atoms with Gasteiger partial charge in [-0.1, -0.05) is 0 Å². The Morgan fingerprint density at radius 2 is 1.83 bits per heavy atom. The summed E-state index contributed by atoms with van der Waals surface area (Å²) in [6, 6.07) is 0.340. The molecule has 18 heavy (non-hydrogen) atoms. The van der Waals surface area contributed by atoms with E-state index in [1.165, 1.54) is 12.8 Å². The third-order valence-corrected chi connectivity index (χ3v) is 6.35. The highest BCUT2D eigenvalue weighted by Crippen LogP contribution is 2.37. The van der Waals surface area contributed by atoms with Crippen LogP contribution in [0.5, 0.6) is 0 Å². The molecule has 3 rings (SSSR count). The van der Waals surface area contributed by atoms with E-state index in [0.717, 1.165) is 45.3 Å². The van der Waals surface area contributed by atoms with Gasteiger partial charge in [-0.15, -0.1) is 0 Å². The number of nitrogens with zero attached hydrogens (tertiary/aromatic N) is 1. The molecular weight excluding hydrogens is 248 g/mol. The number of hydrogen-bond acceptors (Lipinski definition) is 3. The topological polar surface area (TPSA) is 49.4 Å². The Balaban J connectivity index is 1.62. The average Bonchev–Trinajstić information content (AvgIpc) is 3.20. The molecule has 3 aliphatic rings. The maximum atomic E-state index is 12.5. The summed E-state index contributed by atoms with van der Waals surface area (Å²) >= 11 is 0. The number of nitrogens with one attached hydrogen (secondary N) is 1. The Hall–Kier alpha value is -0.130. The molecule has 0 aromatic carbocycles. The number of hydrogen-bond donors (Lipinski definition) is 1. The Morgan fingerprint density at radius 1 is 1.06 bits per heavy atom. The van der Waals surface area contributed by atoms with Gasteiger partial charge in [0.2, 0.25) is 10.0 Å². The predicted octanol–water partition coefficient (Wildman–Crippen LogP) is 1.19. The Morgan fingerprint density at radius 3 is 2.39 bits per heavy atom. The number of sulfonamides is 1. The van der Waals surface area contributed by atoms with Crippen LogP contribution in [0.2, 0.25) is 0 Å². The molecule has 0 spiro atoms. The monoisotopic (exact) mass is 272 g/mol. The molecule has 0 bridgehead atoms. The van der Waals surface area contributed by atoms with Crippen LogP contribution in [0.1, 0.15) is 38.5 Å². The second-order valence-electron chi connectivity index (χ2n) is 6.24. The Labute approximate surface area is 110 Å². The molecule has 0 radical (unpaired) electrons. The highest BCUT2D eigenvalue weighted by atomic mass is 32.2. The van der Waals surface area contributed by atoms with E-state index in [4.69, 9.17) is 0 Å². The molecule has 0 amide bonds. The minimum Gasteiger partial charge on any atom is -0.316 e. The first-order chi connectivity index (χ1) is 8.65. The van der Waals surface area contributed by atoms with Gasteiger partial charge in [0, 0.05) is 12.6 Å². The van der Waals surface area contributed by atoms with E-state index in [9.17, 15) is 8.42 Å². The molecule has 104 valence electrons. The SMILES string of the molecule is O=S(=O)(CC1CCCNC1)N(CC1CC1)C1CC1. The standard InChI is InChI=1S/C13H24N2O2S/c16-18(17,10-12-2-1-7-14-8-12)15(13-5-6-13)9-11-3-4-11/h11-14H,1-10H2. The van der Waals surface area contributed by atoms with Gasteiger partial charge in [0.1, 0.15) is 0 Å². The van der Waals surface area contributed by atoms with Crippen LogP contribution in [0.3, 0.4) is 0 Å². The molecule has 1 saturated heterocycles. The van der Waals surface area contributed by atoms with E-state index in [-0.39, 0.29) is 0 Å². The molecular formula is C13H24N2O2S. The lowest BCUT2D eigenvalue weighted by Gasteiger charge is -2.27. The van der Waals surface area contributed by atoms with Gasteiger partial charge in [-0.25, -0.2) is 8.42 Å². The van der Waals surface area contributed by atoms with Crippen LogP contribution in [-0.4, -0.2) is 44.2 Å². The van der Waals surface area contributed by atoms with Crippen molar-refractivity contribution in [3.8, 4) is 0 Å². The second kappa shape index (κ2) is 5.10. The lowest BCUT2D eigenvalue weighted by Crippen LogP contribution is -2.41. The van der Waals surface area contributed by atoms with E-state index >= 15 is 0 Å². The molecule has 2 saturated carbocycles. The first-order valence-corrected chi connectivity index (χ1v) is 8.96. The molecule has 5 heteroatoms. The summed E-state index contributed by atoms with van der Waals surface area (Å²) in [6.45, 7) is 2.72. The van der Waals surface area contributed by atoms with Gasteiger partial charge in [-0.2, -0.15) is 4.31 Å². The van der Waals surface area contributed by atoms with E-state index < -0.39 is 10.0 Å². The zero-order valence-electron chi connectivity index (χ0n) is 11.0. The molecule has 2 aliphatic carbocycles. The van der Waals surface area contributed by atoms with Crippen LogP contribution in [0, 0.1) is 11.8 Å². The minimum atomic E-state index is -3.02. The summed E-state index contributed by atoms with van der Waals surface area (Å²) in [5.74, 6) is 1.34. The highest BCUT2D eigenvalue weighted by Gasteiger charge is 2.41. The van der Waals surface area contributed by atoms with E-state index in [2.05, 4.69) is 5.32 Å². The van der Waals surface area contributed by atoms with Crippen LogP contribution >= 0.6 is 0 Å². The van der Waals surface area contributed by atoms with Crippen LogP contribution in [0.15, 0.2) is 0 Å². The van der Waals surface area contributed by atoms with Crippen molar-refractivity contribution in [2.75, 3.05) is 25.4 Å². The van der Waals surface area contributed by atoms with Crippen molar-refractivity contribution in [1.29, 1.82) is 0 Å². The molecule has 1 aliphatic heterocycles. The van der Waals surface area contributed by atoms with Gasteiger partial charge < -0.3 is 5.32 Å². The van der Waals surface area contributed by atoms with E-state index in [1.54, 1.807) is 0 Å². The van der Waals surface area contributed by atoms with Gasteiger partial charge in [0.05, 0.1) is 5.75 Å². The average molecular weight is 272 g/mol. The summed E-state index contributed by atoms with van der Waals surface area (Å²) in [4.78, 5) is 0. The summed E-state index contributed by atoms with van der Waals surface area (Å²) in [7, 11) is -3.02. The van der Waals surface area contributed by atoms with Crippen molar-refractivity contribution in [3.05, 3.63) is 0 Å². The number of rotatable bonds is 6. The van der Waals surface area contributed by atoms with Gasteiger partial charge in [0.25, 0.3) is 0 Å². The van der Waals surface area contributed by atoms with Crippen molar-refractivity contribution in [1.82, 2.24) is 9.62 Å². The lowest BCUT2D eigenvalue weighted by atomic mass is 10.0. The highest BCUT2D eigenvalue weighted by molar-refractivity contribution is 7.89. The van der Waals surface area contributed by atoms with Crippen molar-refractivity contribution in [2.45, 2.75) is 44.6 Å². The van der Waals surface area contributed by atoms with Crippen molar-refractivity contribution in [3.63, 3.8) is 0 Å². The van der Waals surface area contributed by atoms with Gasteiger partial charge >= 0.3 is 0 Å². The van der Waals surface area contributed by atoms with Crippen LogP contribution < -0.4 is 5.32 Å². The van der Waals surface area contributed by atoms with E-state index in [0.29, 0.717) is 23.6 Å². The zero-order chi connectivity index (χ0) is 12.6. The van der Waals surface area contributed by atoms with Crippen LogP contribution in [0.25, 0.3) is 0 Å². The second-order valence-corrected chi connectivity index (χ2v) is 8.20. The lowest BCUT2D eigenvalue weighted by molar-refractivity contribution is 0.365. The van der Waals surface area contributed by atoms with Crippen molar-refractivity contribution in [2.24, 2.45) is 11.8 Å². The quantitative estimate of drug-likeness (QED) is 0.790. The summed E-state index contributed by atoms with van der Waals surface area (Å²) < 4.78 is 26.9. The predicted molar refractivity (Wildman–Crippen MR) is 71.8 cm³/mol. The molecule has 1 N–H and O–H groups in total. The van der Waals surface area contributed by atoms with Crippen molar-refractivity contribution < 1.29 is 8.42 Å². The van der Waals surface area contributed by atoms with Gasteiger partial charge in [0.15, 0.2) is 0 Å². The molecule has 0 aromatic rings. The third-order valence-electron chi connectivity index (χ3n) is 4.29. The first kappa shape index (κ1) is 12.9. The molecule has 0 aromatic heterocycles. The van der Waals surface area contributed by atoms with Gasteiger partial charge in [-0.3, -0.25) is 0 Å². The normalized spacial score (nSPS) is 29.7. The van der Waals surface area contributed by atoms with E-state index in [1.807, 2.05) is 4.31 Å². The van der Waals surface area contributed by atoms with Gasteiger partial charge in [-0.05, 0) is 63.5 Å². The number of piperidine rings is 1. The molecule has 4 nitrogen and oxygen atoms in total. The van der Waals surface area contributed by atoms with Crippen molar-refractivity contribution >= 4 is 10.0 Å². The fraction of sp³-hybridized carbons (Fsp3) is 1.00. The fourth-order valence-corrected chi connectivity index (χ4v) is 5.04. The maximum Gasteiger partial charge on any atom is 0.214 e. The molecule has 1 atom stereocenters. The smallest absolute Gasteiger partial charge is 0.214 e. The zero-order valence-corrected chi connectivity index (χ0v) is 11.8. The molecule has 3 fully saturated rings. The summed E-state index contributed by atoms with van der Waals surface area (Å²) in [5.41, 5.74) is 0. The first-order valence-electron chi connectivity index (χ1n) is 7.35. The molecule has 1 unspecified atom stereocenters. The largest absolute Gasteiger partial charge is 0.316 e. The summed E-state index contributed by atoms with van der Waals surface area (Å²) in [5, 5.41) is 3.31. The molecule has 1 heterocycles. The third kappa shape index (κ3) is 3.25.